The normalized spacial score (nSPS) is 15.0. The highest BCUT2D eigenvalue weighted by molar-refractivity contribution is 8.00. The summed E-state index contributed by atoms with van der Waals surface area (Å²) in [4.78, 5) is 35.6. The van der Waals surface area contributed by atoms with Crippen molar-refractivity contribution in [1.82, 2.24) is 4.90 Å². The van der Waals surface area contributed by atoms with Crippen molar-refractivity contribution in [2.75, 3.05) is 5.75 Å². The number of halogens is 1. The van der Waals surface area contributed by atoms with Crippen molar-refractivity contribution in [3.8, 4) is 0 Å². The Morgan fingerprint density at radius 3 is 2.70 bits per heavy atom. The first-order valence-electron chi connectivity index (χ1n) is 6.92. The molecule has 1 atom stereocenters. The fourth-order valence-corrected chi connectivity index (χ4v) is 3.22. The van der Waals surface area contributed by atoms with Gasteiger partial charge in [-0.3, -0.25) is 14.9 Å². The summed E-state index contributed by atoms with van der Waals surface area (Å²) in [5.41, 5.74) is -0.167. The van der Waals surface area contributed by atoms with Crippen molar-refractivity contribution in [3.05, 3.63) is 33.3 Å². The molecular weight excluding hydrogens is 344 g/mol. The minimum atomic E-state index is -1.06. The number of hydrogen-bond acceptors (Lipinski definition) is 5. The number of carbonyl (C=O) groups excluding carboxylic acids is 1. The van der Waals surface area contributed by atoms with E-state index < -0.39 is 16.9 Å². The predicted octanol–water partition coefficient (Wildman–Crippen LogP) is 2.80. The summed E-state index contributed by atoms with van der Waals surface area (Å²) in [7, 11) is 0. The van der Waals surface area contributed by atoms with Crippen LogP contribution in [-0.2, 0) is 9.59 Å². The second-order valence-corrected chi connectivity index (χ2v) is 6.66. The highest BCUT2D eigenvalue weighted by Gasteiger charge is 2.38. The summed E-state index contributed by atoms with van der Waals surface area (Å²) in [6.45, 7) is 1.47. The van der Waals surface area contributed by atoms with Gasteiger partial charge in [-0.25, -0.2) is 4.79 Å². The first-order chi connectivity index (χ1) is 10.8. The van der Waals surface area contributed by atoms with Crippen LogP contribution in [0.4, 0.5) is 5.69 Å². The molecule has 0 spiro atoms. The van der Waals surface area contributed by atoms with Crippen LogP contribution in [0.15, 0.2) is 23.1 Å². The maximum absolute atomic E-state index is 12.3. The summed E-state index contributed by atoms with van der Waals surface area (Å²) >= 11 is 6.76. The maximum atomic E-state index is 12.3. The van der Waals surface area contributed by atoms with Gasteiger partial charge >= 0.3 is 5.97 Å². The minimum Gasteiger partial charge on any atom is -0.480 e. The summed E-state index contributed by atoms with van der Waals surface area (Å²) in [5.74, 6) is -1.46. The highest BCUT2D eigenvalue weighted by atomic mass is 35.5. The van der Waals surface area contributed by atoms with E-state index >= 15 is 0 Å². The number of carboxylic acid groups (broad SMARTS) is 1. The Kier molecular flexibility index (Phi) is 5.48. The zero-order valence-corrected chi connectivity index (χ0v) is 13.8. The van der Waals surface area contributed by atoms with Gasteiger partial charge in [-0.1, -0.05) is 11.6 Å². The number of carbonyl (C=O) groups is 2. The number of hydrogen-bond donors (Lipinski definition) is 1. The number of thioether (sulfide) groups is 1. The molecule has 1 aliphatic carbocycles. The maximum Gasteiger partial charge on any atom is 0.326 e. The molecule has 1 aromatic carbocycles. The quantitative estimate of drug-likeness (QED) is 0.457. The van der Waals surface area contributed by atoms with Gasteiger partial charge in [-0.05, 0) is 31.9 Å². The number of carboxylic acids is 1. The van der Waals surface area contributed by atoms with Gasteiger partial charge in [0.1, 0.15) is 6.04 Å². The molecule has 1 aromatic rings. The van der Waals surface area contributed by atoms with E-state index in [0.29, 0.717) is 4.90 Å². The zero-order chi connectivity index (χ0) is 17.1. The first kappa shape index (κ1) is 17.6. The fourth-order valence-electron chi connectivity index (χ4n) is 2.18. The summed E-state index contributed by atoms with van der Waals surface area (Å²) in [6.07, 6.45) is 1.57. The molecule has 0 heterocycles. The van der Waals surface area contributed by atoms with Crippen molar-refractivity contribution in [3.63, 3.8) is 0 Å². The molecule has 0 saturated heterocycles. The van der Waals surface area contributed by atoms with Crippen LogP contribution < -0.4 is 0 Å². The minimum absolute atomic E-state index is 0.0468. The third-order valence-electron chi connectivity index (χ3n) is 3.47. The molecule has 1 saturated carbocycles. The smallest absolute Gasteiger partial charge is 0.326 e. The lowest BCUT2D eigenvalue weighted by molar-refractivity contribution is -0.387. The first-order valence-corrected chi connectivity index (χ1v) is 8.28. The molecule has 23 heavy (non-hydrogen) atoms. The van der Waals surface area contributed by atoms with E-state index in [9.17, 15) is 19.7 Å². The Balaban J connectivity index is 2.09. The van der Waals surface area contributed by atoms with Crippen LogP contribution in [-0.4, -0.2) is 44.6 Å². The van der Waals surface area contributed by atoms with E-state index in [1.54, 1.807) is 0 Å². The number of benzene rings is 1. The van der Waals surface area contributed by atoms with Gasteiger partial charge in [0.05, 0.1) is 15.6 Å². The van der Waals surface area contributed by atoms with Crippen LogP contribution >= 0.6 is 23.4 Å². The molecule has 2 rings (SSSR count). The molecule has 9 heteroatoms. The van der Waals surface area contributed by atoms with Crippen LogP contribution in [0.25, 0.3) is 0 Å². The van der Waals surface area contributed by atoms with Gasteiger partial charge in [0.15, 0.2) is 0 Å². The van der Waals surface area contributed by atoms with Crippen molar-refractivity contribution in [2.45, 2.75) is 36.7 Å². The van der Waals surface area contributed by atoms with Gasteiger partial charge in [0.2, 0.25) is 5.91 Å². The second kappa shape index (κ2) is 7.18. The number of nitro groups is 1. The fraction of sp³-hybridized carbons (Fsp3) is 0.429. The van der Waals surface area contributed by atoms with Crippen LogP contribution in [0.1, 0.15) is 19.8 Å². The van der Waals surface area contributed by atoms with Crippen molar-refractivity contribution < 1.29 is 19.6 Å². The van der Waals surface area contributed by atoms with Gasteiger partial charge in [-0.15, -0.1) is 11.8 Å². The number of nitro benzene ring substituents is 1. The largest absolute Gasteiger partial charge is 0.480 e. The lowest BCUT2D eigenvalue weighted by atomic mass is 10.2. The molecule has 124 valence electrons. The lowest BCUT2D eigenvalue weighted by Crippen LogP contribution is -2.45. The van der Waals surface area contributed by atoms with Crippen LogP contribution in [0, 0.1) is 10.1 Å². The molecular formula is C14H15ClN2O5S. The number of aliphatic carboxylic acids is 1. The van der Waals surface area contributed by atoms with Crippen molar-refractivity contribution in [2.24, 2.45) is 0 Å². The van der Waals surface area contributed by atoms with Crippen LogP contribution in [0.2, 0.25) is 5.02 Å². The molecule has 7 nitrogen and oxygen atoms in total. The summed E-state index contributed by atoms with van der Waals surface area (Å²) in [6, 6.07) is 3.28. The average Bonchev–Trinajstić information content (AvgIpc) is 3.30. The second-order valence-electron chi connectivity index (χ2n) is 5.20. The molecule has 0 aliphatic heterocycles. The Bertz CT molecular complexity index is 650. The Labute approximate surface area is 141 Å². The zero-order valence-electron chi connectivity index (χ0n) is 12.3. The SMILES string of the molecule is CC(C(=O)O)N(C(=O)CSc1ccc(Cl)cc1[N+](=O)[O-])C1CC1. The molecule has 1 unspecified atom stereocenters. The van der Waals surface area contributed by atoms with Crippen LogP contribution in [0.3, 0.4) is 0 Å². The summed E-state index contributed by atoms with van der Waals surface area (Å²) < 4.78 is 0. The van der Waals surface area contributed by atoms with Gasteiger partial charge in [0, 0.05) is 17.1 Å². The number of nitrogens with zero attached hydrogens (tertiary/aromatic N) is 2. The molecule has 0 bridgehead atoms. The van der Waals surface area contributed by atoms with E-state index in [1.165, 1.54) is 30.0 Å². The molecule has 1 amide bonds. The van der Waals surface area contributed by atoms with Gasteiger partial charge in [0.25, 0.3) is 5.69 Å². The highest BCUT2D eigenvalue weighted by Crippen LogP contribution is 2.34. The molecule has 1 N–H and O–H groups in total. The molecule has 0 aromatic heterocycles. The van der Waals surface area contributed by atoms with E-state index in [1.807, 2.05) is 0 Å². The van der Waals surface area contributed by atoms with E-state index in [4.69, 9.17) is 16.7 Å². The van der Waals surface area contributed by atoms with Crippen molar-refractivity contribution >= 4 is 40.9 Å². The van der Waals surface area contributed by atoms with E-state index in [-0.39, 0.29) is 28.4 Å². The number of rotatable bonds is 7. The average molecular weight is 359 g/mol. The van der Waals surface area contributed by atoms with Crippen LogP contribution in [0.5, 0.6) is 0 Å². The number of amides is 1. The monoisotopic (exact) mass is 358 g/mol. The van der Waals surface area contributed by atoms with Gasteiger partial charge in [-0.2, -0.15) is 0 Å². The summed E-state index contributed by atoms with van der Waals surface area (Å²) in [5, 5.41) is 20.4. The van der Waals surface area contributed by atoms with E-state index in [0.717, 1.165) is 24.6 Å². The topological polar surface area (TPSA) is 101 Å². The Morgan fingerprint density at radius 1 is 1.52 bits per heavy atom. The third-order valence-corrected chi connectivity index (χ3v) is 4.75. The Hall–Kier alpha value is -1.80. The Morgan fingerprint density at radius 2 is 2.17 bits per heavy atom. The molecule has 0 radical (unpaired) electrons. The van der Waals surface area contributed by atoms with E-state index in [2.05, 4.69) is 0 Å². The standard InChI is InChI=1S/C14H15ClN2O5S/c1-8(14(19)20)16(10-3-4-10)13(18)7-23-12-5-2-9(15)6-11(12)17(21)22/h2,5-6,8,10H,3-4,7H2,1H3,(H,19,20). The molecule has 1 aliphatic rings. The van der Waals surface area contributed by atoms with Gasteiger partial charge < -0.3 is 10.0 Å². The predicted molar refractivity (Wildman–Crippen MR) is 85.8 cm³/mol. The molecule has 1 fully saturated rings. The third kappa shape index (κ3) is 4.35. The van der Waals surface area contributed by atoms with Crippen molar-refractivity contribution in [1.29, 1.82) is 0 Å². The lowest BCUT2D eigenvalue weighted by Gasteiger charge is -2.26.